The van der Waals surface area contributed by atoms with E-state index in [1.807, 2.05) is 5.43 Å². The van der Waals surface area contributed by atoms with Gasteiger partial charge in [0.05, 0.1) is 0 Å². The Morgan fingerprint density at radius 1 is 1.50 bits per heavy atom. The van der Waals surface area contributed by atoms with E-state index in [2.05, 4.69) is 0 Å². The summed E-state index contributed by atoms with van der Waals surface area (Å²) in [5.74, 6) is 4.75. The SMILES string of the molecule is CC(C)(C)OC(=O)NN.O. The van der Waals surface area contributed by atoms with Crippen molar-refractivity contribution in [2.45, 2.75) is 26.4 Å². The zero-order chi connectivity index (χ0) is 7.49. The van der Waals surface area contributed by atoms with Gasteiger partial charge in [0.25, 0.3) is 0 Å². The first-order valence-electron chi connectivity index (χ1n) is 2.65. The van der Waals surface area contributed by atoms with E-state index in [4.69, 9.17) is 10.6 Å². The van der Waals surface area contributed by atoms with Gasteiger partial charge in [0, 0.05) is 0 Å². The Morgan fingerprint density at radius 3 is 2.00 bits per heavy atom. The highest BCUT2D eigenvalue weighted by Crippen LogP contribution is 2.05. The van der Waals surface area contributed by atoms with Crippen molar-refractivity contribution < 1.29 is 15.0 Å². The summed E-state index contributed by atoms with van der Waals surface area (Å²) in [6, 6.07) is 0. The molecular formula is C5H14N2O3. The van der Waals surface area contributed by atoms with Crippen LogP contribution in [0.15, 0.2) is 0 Å². The molecule has 62 valence electrons. The molecule has 0 spiro atoms. The van der Waals surface area contributed by atoms with Crippen molar-refractivity contribution >= 4 is 6.09 Å². The third kappa shape index (κ3) is 7.19. The molecule has 5 heteroatoms. The summed E-state index contributed by atoms with van der Waals surface area (Å²) in [6.07, 6.45) is -0.609. The van der Waals surface area contributed by atoms with Crippen molar-refractivity contribution in [3.63, 3.8) is 0 Å². The van der Waals surface area contributed by atoms with Gasteiger partial charge in [-0.25, -0.2) is 10.6 Å². The molecule has 0 aliphatic carbocycles. The standard InChI is InChI=1S/C5H12N2O2.H2O/c1-5(2,3)9-4(8)7-6;/h6H2,1-3H3,(H,7,8);1H2. The van der Waals surface area contributed by atoms with Crippen LogP contribution in [-0.2, 0) is 4.74 Å². The topological polar surface area (TPSA) is 95.8 Å². The molecule has 0 saturated heterocycles. The molecule has 0 bridgehead atoms. The summed E-state index contributed by atoms with van der Waals surface area (Å²) < 4.78 is 4.71. The molecule has 0 rings (SSSR count). The lowest BCUT2D eigenvalue weighted by atomic mass is 10.2. The molecule has 5 nitrogen and oxygen atoms in total. The normalized spacial score (nSPS) is 9.60. The van der Waals surface area contributed by atoms with Crippen LogP contribution >= 0.6 is 0 Å². The Kier molecular flexibility index (Phi) is 4.86. The molecule has 0 aromatic rings. The molecule has 0 atom stereocenters. The molecule has 0 aliphatic heterocycles. The number of amides is 1. The molecular weight excluding hydrogens is 136 g/mol. The quantitative estimate of drug-likeness (QED) is 0.278. The second kappa shape index (κ2) is 4.08. The molecule has 0 fully saturated rings. The number of hydrazine groups is 1. The summed E-state index contributed by atoms with van der Waals surface area (Å²) in [6.45, 7) is 5.30. The Labute approximate surface area is 59.8 Å². The summed E-state index contributed by atoms with van der Waals surface area (Å²) >= 11 is 0. The summed E-state index contributed by atoms with van der Waals surface area (Å²) in [5.41, 5.74) is 1.39. The second-order valence-electron chi connectivity index (χ2n) is 2.65. The van der Waals surface area contributed by atoms with Crippen LogP contribution in [0.5, 0.6) is 0 Å². The summed E-state index contributed by atoms with van der Waals surface area (Å²) in [7, 11) is 0. The van der Waals surface area contributed by atoms with Gasteiger partial charge in [-0.1, -0.05) is 0 Å². The third-order valence-electron chi connectivity index (χ3n) is 0.517. The van der Waals surface area contributed by atoms with Crippen molar-refractivity contribution in [3.8, 4) is 0 Å². The summed E-state index contributed by atoms with van der Waals surface area (Å²) in [5, 5.41) is 0. The highest BCUT2D eigenvalue weighted by atomic mass is 16.6. The zero-order valence-corrected chi connectivity index (χ0v) is 6.39. The van der Waals surface area contributed by atoms with Gasteiger partial charge in [-0.15, -0.1) is 0 Å². The minimum atomic E-state index is -0.609. The lowest BCUT2D eigenvalue weighted by molar-refractivity contribution is 0.0527. The fourth-order valence-corrected chi connectivity index (χ4v) is 0.308. The van der Waals surface area contributed by atoms with Crippen molar-refractivity contribution in [1.29, 1.82) is 0 Å². The number of nitrogens with one attached hydrogen (secondary N) is 1. The maximum absolute atomic E-state index is 10.4. The Bertz CT molecular complexity index is 108. The van der Waals surface area contributed by atoms with E-state index in [0.29, 0.717) is 0 Å². The van der Waals surface area contributed by atoms with Gasteiger partial charge in [0.15, 0.2) is 0 Å². The zero-order valence-electron chi connectivity index (χ0n) is 6.39. The molecule has 0 heterocycles. The van der Waals surface area contributed by atoms with Gasteiger partial charge in [-0.05, 0) is 20.8 Å². The van der Waals surface area contributed by atoms with Gasteiger partial charge in [-0.3, -0.25) is 5.43 Å². The fraction of sp³-hybridized carbons (Fsp3) is 0.800. The van der Waals surface area contributed by atoms with Gasteiger partial charge >= 0.3 is 6.09 Å². The number of ether oxygens (including phenoxy) is 1. The summed E-state index contributed by atoms with van der Waals surface area (Å²) in [4.78, 5) is 10.4. The van der Waals surface area contributed by atoms with Crippen LogP contribution in [0.3, 0.4) is 0 Å². The molecule has 5 N–H and O–H groups in total. The monoisotopic (exact) mass is 150 g/mol. The van der Waals surface area contributed by atoms with Crippen LogP contribution in [0.1, 0.15) is 20.8 Å². The average Bonchev–Trinajstić information content (AvgIpc) is 1.62. The van der Waals surface area contributed by atoms with E-state index >= 15 is 0 Å². The molecule has 0 saturated carbocycles. The van der Waals surface area contributed by atoms with Crippen LogP contribution in [0.4, 0.5) is 4.79 Å². The second-order valence-corrected chi connectivity index (χ2v) is 2.65. The maximum atomic E-state index is 10.4. The van der Waals surface area contributed by atoms with Gasteiger partial charge < -0.3 is 10.2 Å². The van der Waals surface area contributed by atoms with Crippen molar-refractivity contribution in [2.75, 3.05) is 0 Å². The predicted octanol–water partition coefficient (Wildman–Crippen LogP) is -0.440. The minimum absolute atomic E-state index is 0. The van der Waals surface area contributed by atoms with E-state index in [1.54, 1.807) is 20.8 Å². The first-order chi connectivity index (χ1) is 3.95. The van der Waals surface area contributed by atoms with Crippen molar-refractivity contribution in [1.82, 2.24) is 5.43 Å². The Hall–Kier alpha value is -0.810. The van der Waals surface area contributed by atoms with E-state index < -0.39 is 11.7 Å². The van der Waals surface area contributed by atoms with Crippen LogP contribution < -0.4 is 11.3 Å². The molecule has 1 amide bonds. The number of carbonyl (C=O) groups is 1. The first-order valence-corrected chi connectivity index (χ1v) is 2.65. The Balaban J connectivity index is 0. The predicted molar refractivity (Wildman–Crippen MR) is 37.2 cm³/mol. The lowest BCUT2D eigenvalue weighted by Gasteiger charge is -2.18. The van der Waals surface area contributed by atoms with Gasteiger partial charge in [0.2, 0.25) is 0 Å². The molecule has 0 aliphatic rings. The van der Waals surface area contributed by atoms with E-state index in [1.165, 1.54) is 0 Å². The maximum Gasteiger partial charge on any atom is 0.421 e. The van der Waals surface area contributed by atoms with Crippen LogP contribution in [0, 0.1) is 0 Å². The molecule has 10 heavy (non-hydrogen) atoms. The molecule has 0 aromatic heterocycles. The van der Waals surface area contributed by atoms with Gasteiger partial charge in [0.1, 0.15) is 5.60 Å². The fourth-order valence-electron chi connectivity index (χ4n) is 0.308. The number of nitrogens with two attached hydrogens (primary N) is 1. The number of hydrogen-bond acceptors (Lipinski definition) is 3. The highest BCUT2D eigenvalue weighted by molar-refractivity contribution is 5.66. The number of hydrogen-bond donors (Lipinski definition) is 2. The van der Waals surface area contributed by atoms with Crippen LogP contribution in [-0.4, -0.2) is 17.2 Å². The minimum Gasteiger partial charge on any atom is -0.443 e. The smallest absolute Gasteiger partial charge is 0.421 e. The Morgan fingerprint density at radius 2 is 1.90 bits per heavy atom. The average molecular weight is 150 g/mol. The van der Waals surface area contributed by atoms with Gasteiger partial charge in [-0.2, -0.15) is 0 Å². The molecule has 0 radical (unpaired) electrons. The van der Waals surface area contributed by atoms with E-state index in [0.717, 1.165) is 0 Å². The first kappa shape index (κ1) is 11.9. The molecule has 0 aromatic carbocycles. The van der Waals surface area contributed by atoms with Crippen molar-refractivity contribution in [3.05, 3.63) is 0 Å². The lowest BCUT2D eigenvalue weighted by Crippen LogP contribution is -2.36. The third-order valence-corrected chi connectivity index (χ3v) is 0.517. The van der Waals surface area contributed by atoms with Crippen molar-refractivity contribution in [2.24, 2.45) is 5.84 Å². The number of carbonyl (C=O) groups excluding carboxylic acids is 1. The number of rotatable bonds is 0. The van der Waals surface area contributed by atoms with E-state index in [-0.39, 0.29) is 5.48 Å². The van der Waals surface area contributed by atoms with E-state index in [9.17, 15) is 4.79 Å². The highest BCUT2D eigenvalue weighted by Gasteiger charge is 2.14. The molecule has 0 unspecified atom stereocenters. The van der Waals surface area contributed by atoms with Crippen LogP contribution in [0.25, 0.3) is 0 Å². The van der Waals surface area contributed by atoms with Crippen LogP contribution in [0.2, 0.25) is 0 Å². The largest absolute Gasteiger partial charge is 0.443 e.